The quantitative estimate of drug-likeness (QED) is 0.449. The lowest BCUT2D eigenvalue weighted by atomic mass is 10.1. The smallest absolute Gasteiger partial charge is 0.224 e. The summed E-state index contributed by atoms with van der Waals surface area (Å²) in [7, 11) is 0. The Morgan fingerprint density at radius 3 is 2.43 bits per heavy atom. The molecule has 3 N–H and O–H groups in total. The van der Waals surface area contributed by atoms with Gasteiger partial charge in [0.25, 0.3) is 0 Å². The second-order valence-electron chi connectivity index (χ2n) is 7.45. The number of aliphatic imine (C=N–C) groups is 1. The third kappa shape index (κ3) is 7.89. The van der Waals surface area contributed by atoms with Gasteiger partial charge in [0.15, 0.2) is 5.96 Å². The molecule has 0 radical (unpaired) electrons. The van der Waals surface area contributed by atoms with Crippen molar-refractivity contribution in [3.05, 3.63) is 29.8 Å². The van der Waals surface area contributed by atoms with Gasteiger partial charge in [-0.25, -0.2) is 4.99 Å². The van der Waals surface area contributed by atoms with E-state index in [1.807, 2.05) is 31.2 Å². The molecule has 0 bridgehead atoms. The van der Waals surface area contributed by atoms with Gasteiger partial charge < -0.3 is 20.9 Å². The fourth-order valence-corrected chi connectivity index (χ4v) is 3.44. The van der Waals surface area contributed by atoms with Gasteiger partial charge in [0.05, 0.1) is 6.54 Å². The molecule has 0 aromatic heterocycles. The molecule has 28 heavy (non-hydrogen) atoms. The molecule has 0 aliphatic carbocycles. The van der Waals surface area contributed by atoms with Crippen molar-refractivity contribution in [3.8, 4) is 0 Å². The van der Waals surface area contributed by atoms with Crippen molar-refractivity contribution in [2.75, 3.05) is 31.5 Å². The Bertz CT molecular complexity index is 606. The molecule has 156 valence electrons. The third-order valence-electron chi connectivity index (χ3n) is 4.95. The number of carbonyl (C=O) groups is 1. The monoisotopic (exact) mass is 387 g/mol. The maximum absolute atomic E-state index is 11.7. The molecule has 0 atom stereocenters. The van der Waals surface area contributed by atoms with Crippen LogP contribution in [0.15, 0.2) is 29.3 Å². The fraction of sp³-hybridized carbons (Fsp3) is 0.636. The van der Waals surface area contributed by atoms with Crippen molar-refractivity contribution in [2.45, 2.75) is 65.5 Å². The minimum Gasteiger partial charge on any atom is -0.357 e. The number of nitrogens with one attached hydrogen (secondary N) is 3. The number of piperidine rings is 1. The molecule has 0 spiro atoms. The molecule has 1 fully saturated rings. The predicted octanol–water partition coefficient (Wildman–Crippen LogP) is 3.35. The molecule has 6 nitrogen and oxygen atoms in total. The molecule has 1 aromatic carbocycles. The van der Waals surface area contributed by atoms with E-state index in [9.17, 15) is 4.79 Å². The number of likely N-dealkylation sites (tertiary alicyclic amines) is 1. The summed E-state index contributed by atoms with van der Waals surface area (Å²) >= 11 is 0. The Labute approximate surface area is 170 Å². The third-order valence-corrected chi connectivity index (χ3v) is 4.95. The zero-order valence-electron chi connectivity index (χ0n) is 17.8. The molecule has 1 heterocycles. The molecular formula is C22H37N5O. The van der Waals surface area contributed by atoms with Gasteiger partial charge in [-0.1, -0.05) is 26.0 Å². The number of benzene rings is 1. The van der Waals surface area contributed by atoms with E-state index in [0.717, 1.165) is 56.1 Å². The van der Waals surface area contributed by atoms with Gasteiger partial charge in [-0.05, 0) is 56.8 Å². The maximum atomic E-state index is 11.7. The summed E-state index contributed by atoms with van der Waals surface area (Å²) in [5.41, 5.74) is 1.97. The molecule has 1 aliphatic heterocycles. The normalized spacial score (nSPS) is 16.0. The average Bonchev–Trinajstić information content (AvgIpc) is 2.69. The van der Waals surface area contributed by atoms with E-state index in [1.54, 1.807) is 0 Å². The van der Waals surface area contributed by atoms with Crippen LogP contribution in [0.1, 0.15) is 58.4 Å². The Kier molecular flexibility index (Phi) is 9.83. The minimum atomic E-state index is 0.0666. The molecule has 1 saturated heterocycles. The number of nitrogens with zero attached hydrogens (tertiary/aromatic N) is 2. The molecule has 6 heteroatoms. The summed E-state index contributed by atoms with van der Waals surface area (Å²) in [5, 5.41) is 9.87. The summed E-state index contributed by atoms with van der Waals surface area (Å²) in [6.07, 6.45) is 4.97. The van der Waals surface area contributed by atoms with Crippen LogP contribution >= 0.6 is 0 Å². The molecule has 0 unspecified atom stereocenters. The van der Waals surface area contributed by atoms with Crippen molar-refractivity contribution < 1.29 is 4.79 Å². The first-order valence-corrected chi connectivity index (χ1v) is 10.8. The number of hydrogen-bond donors (Lipinski definition) is 3. The highest BCUT2D eigenvalue weighted by atomic mass is 16.1. The highest BCUT2D eigenvalue weighted by Crippen LogP contribution is 2.12. The standard InChI is InChI=1S/C22H37N5O/c1-4-7-21(28)25-19-10-8-18(9-11-19)17-24-22(23-6-3)26-20-12-15-27(14-5-2)16-13-20/h8-11,20H,4-7,12-17H2,1-3H3,(H,25,28)(H2,23,24,26). The van der Waals surface area contributed by atoms with Crippen LogP contribution in [0.2, 0.25) is 0 Å². The lowest BCUT2D eigenvalue weighted by molar-refractivity contribution is -0.116. The van der Waals surface area contributed by atoms with E-state index in [4.69, 9.17) is 4.99 Å². The van der Waals surface area contributed by atoms with Crippen LogP contribution in [-0.4, -0.2) is 49.0 Å². The first-order valence-electron chi connectivity index (χ1n) is 10.8. The Morgan fingerprint density at radius 1 is 1.11 bits per heavy atom. The first-order chi connectivity index (χ1) is 13.6. The minimum absolute atomic E-state index is 0.0666. The van der Waals surface area contributed by atoms with Crippen LogP contribution in [0, 0.1) is 0 Å². The van der Waals surface area contributed by atoms with Gasteiger partial charge in [0, 0.05) is 37.8 Å². The second-order valence-corrected chi connectivity index (χ2v) is 7.45. The summed E-state index contributed by atoms with van der Waals surface area (Å²) in [5.74, 6) is 0.952. The number of hydrogen-bond acceptors (Lipinski definition) is 3. The summed E-state index contributed by atoms with van der Waals surface area (Å²) < 4.78 is 0. The fourth-order valence-electron chi connectivity index (χ4n) is 3.44. The summed E-state index contributed by atoms with van der Waals surface area (Å²) in [6.45, 7) is 11.3. The van der Waals surface area contributed by atoms with E-state index in [1.165, 1.54) is 13.0 Å². The van der Waals surface area contributed by atoms with Crippen molar-refractivity contribution in [1.82, 2.24) is 15.5 Å². The Morgan fingerprint density at radius 2 is 1.82 bits per heavy atom. The molecule has 2 rings (SSSR count). The molecular weight excluding hydrogens is 350 g/mol. The average molecular weight is 388 g/mol. The van der Waals surface area contributed by atoms with Gasteiger partial charge in [-0.15, -0.1) is 0 Å². The molecule has 1 aromatic rings. The van der Waals surface area contributed by atoms with Crippen LogP contribution in [-0.2, 0) is 11.3 Å². The first kappa shape index (κ1) is 22.2. The van der Waals surface area contributed by atoms with E-state index in [-0.39, 0.29) is 5.91 Å². The largest absolute Gasteiger partial charge is 0.357 e. The van der Waals surface area contributed by atoms with Gasteiger partial charge >= 0.3 is 0 Å². The lowest BCUT2D eigenvalue weighted by Crippen LogP contribution is -2.48. The van der Waals surface area contributed by atoms with Gasteiger partial charge in [-0.2, -0.15) is 0 Å². The van der Waals surface area contributed by atoms with Crippen molar-refractivity contribution in [2.24, 2.45) is 4.99 Å². The maximum Gasteiger partial charge on any atom is 0.224 e. The highest BCUT2D eigenvalue weighted by molar-refractivity contribution is 5.90. The van der Waals surface area contributed by atoms with E-state index < -0.39 is 0 Å². The molecule has 1 amide bonds. The number of amides is 1. The van der Waals surface area contributed by atoms with Crippen LogP contribution in [0.3, 0.4) is 0 Å². The second kappa shape index (κ2) is 12.4. The SMILES string of the molecule is CCCC(=O)Nc1ccc(CN=C(NCC)NC2CCN(CCC)CC2)cc1. The lowest BCUT2D eigenvalue weighted by Gasteiger charge is -2.32. The van der Waals surface area contributed by atoms with Gasteiger partial charge in [0.1, 0.15) is 0 Å². The number of rotatable bonds is 9. The van der Waals surface area contributed by atoms with Crippen molar-refractivity contribution in [1.29, 1.82) is 0 Å². The number of carbonyl (C=O) groups excluding carboxylic acids is 1. The number of anilines is 1. The zero-order valence-corrected chi connectivity index (χ0v) is 17.8. The highest BCUT2D eigenvalue weighted by Gasteiger charge is 2.19. The van der Waals surface area contributed by atoms with Gasteiger partial charge in [0.2, 0.25) is 5.91 Å². The Balaban J connectivity index is 1.85. The van der Waals surface area contributed by atoms with Crippen LogP contribution in [0.5, 0.6) is 0 Å². The van der Waals surface area contributed by atoms with Crippen molar-refractivity contribution >= 4 is 17.6 Å². The summed E-state index contributed by atoms with van der Waals surface area (Å²) in [6, 6.07) is 8.43. The molecule has 1 aliphatic rings. The van der Waals surface area contributed by atoms with Crippen molar-refractivity contribution in [3.63, 3.8) is 0 Å². The molecule has 0 saturated carbocycles. The topological polar surface area (TPSA) is 68.8 Å². The Hall–Kier alpha value is -2.08. The van der Waals surface area contributed by atoms with Gasteiger partial charge in [-0.3, -0.25) is 4.79 Å². The zero-order chi connectivity index (χ0) is 20.2. The number of guanidine groups is 1. The van der Waals surface area contributed by atoms with E-state index >= 15 is 0 Å². The van der Waals surface area contributed by atoms with Crippen LogP contribution in [0.4, 0.5) is 5.69 Å². The van der Waals surface area contributed by atoms with E-state index in [0.29, 0.717) is 19.0 Å². The van der Waals surface area contributed by atoms with E-state index in [2.05, 4.69) is 34.7 Å². The van der Waals surface area contributed by atoms with Crippen LogP contribution < -0.4 is 16.0 Å². The predicted molar refractivity (Wildman–Crippen MR) is 118 cm³/mol. The summed E-state index contributed by atoms with van der Waals surface area (Å²) in [4.78, 5) is 19.0. The van der Waals surface area contributed by atoms with Crippen LogP contribution in [0.25, 0.3) is 0 Å².